The van der Waals surface area contributed by atoms with Crippen LogP contribution in [0.15, 0.2) is 48.9 Å². The van der Waals surface area contributed by atoms with Gasteiger partial charge in [-0.1, -0.05) is 13.0 Å². The molecule has 112 valence electrons. The van der Waals surface area contributed by atoms with Crippen molar-refractivity contribution in [2.24, 2.45) is 5.73 Å². The average molecular weight is 284 g/mol. The van der Waals surface area contributed by atoms with Gasteiger partial charge >= 0.3 is 0 Å². The second kappa shape index (κ2) is 7.86. The van der Waals surface area contributed by atoms with Crippen molar-refractivity contribution in [3.63, 3.8) is 0 Å². The smallest absolute Gasteiger partial charge is 0.0497 e. The van der Waals surface area contributed by atoms with Gasteiger partial charge in [-0.05, 0) is 43.3 Å². The molecule has 2 N–H and O–H groups in total. The maximum absolute atomic E-state index is 6.34. The highest BCUT2D eigenvalue weighted by molar-refractivity contribution is 5.17. The normalized spacial score (nSPS) is 14.1. The summed E-state index contributed by atoms with van der Waals surface area (Å²) >= 11 is 0. The van der Waals surface area contributed by atoms with Crippen LogP contribution in [0.4, 0.5) is 0 Å². The number of likely N-dealkylation sites (N-methyl/N-ethyl adjacent to an activating group) is 1. The van der Waals surface area contributed by atoms with Crippen LogP contribution in [-0.2, 0) is 6.42 Å². The van der Waals surface area contributed by atoms with Crippen molar-refractivity contribution in [1.82, 2.24) is 14.9 Å². The Morgan fingerprint density at radius 3 is 2.52 bits per heavy atom. The van der Waals surface area contributed by atoms with Crippen LogP contribution in [-0.4, -0.2) is 34.5 Å². The quantitative estimate of drug-likeness (QED) is 0.848. The van der Waals surface area contributed by atoms with Gasteiger partial charge in [0.15, 0.2) is 0 Å². The van der Waals surface area contributed by atoms with Gasteiger partial charge in [0.2, 0.25) is 0 Å². The van der Waals surface area contributed by atoms with Crippen molar-refractivity contribution in [2.45, 2.75) is 31.8 Å². The molecule has 4 nitrogen and oxygen atoms in total. The Bertz CT molecular complexity index is 515. The highest BCUT2D eigenvalue weighted by Gasteiger charge is 2.22. The fourth-order valence-electron chi connectivity index (χ4n) is 2.59. The molecule has 0 spiro atoms. The van der Waals surface area contributed by atoms with Gasteiger partial charge in [0.1, 0.15) is 0 Å². The third-order valence-electron chi connectivity index (χ3n) is 3.85. The van der Waals surface area contributed by atoms with Gasteiger partial charge in [0.25, 0.3) is 0 Å². The second-order valence-corrected chi connectivity index (χ2v) is 5.35. The molecule has 0 fully saturated rings. The lowest BCUT2D eigenvalue weighted by molar-refractivity contribution is 0.211. The lowest BCUT2D eigenvalue weighted by atomic mass is 9.97. The zero-order valence-electron chi connectivity index (χ0n) is 12.8. The van der Waals surface area contributed by atoms with E-state index in [2.05, 4.69) is 47.0 Å². The zero-order chi connectivity index (χ0) is 15.1. The number of nitrogens with two attached hydrogens (primary N) is 1. The number of pyridine rings is 2. The van der Waals surface area contributed by atoms with Gasteiger partial charge in [0.05, 0.1) is 0 Å². The molecule has 2 aromatic rings. The summed E-state index contributed by atoms with van der Waals surface area (Å²) in [6.45, 7) is 3.06. The molecule has 0 aromatic carbocycles. The van der Waals surface area contributed by atoms with Crippen molar-refractivity contribution in [3.05, 3.63) is 60.2 Å². The second-order valence-electron chi connectivity index (χ2n) is 5.35. The van der Waals surface area contributed by atoms with Crippen molar-refractivity contribution in [1.29, 1.82) is 0 Å². The van der Waals surface area contributed by atoms with E-state index >= 15 is 0 Å². The largest absolute Gasteiger partial charge is 0.326 e. The number of aromatic nitrogens is 2. The zero-order valence-corrected chi connectivity index (χ0v) is 12.8. The third-order valence-corrected chi connectivity index (χ3v) is 3.85. The molecular weight excluding hydrogens is 260 g/mol. The summed E-state index contributed by atoms with van der Waals surface area (Å²) in [5, 5.41) is 0. The van der Waals surface area contributed by atoms with Gasteiger partial charge in [-0.25, -0.2) is 0 Å². The van der Waals surface area contributed by atoms with Crippen molar-refractivity contribution < 1.29 is 0 Å². The van der Waals surface area contributed by atoms with Crippen LogP contribution in [0.1, 0.15) is 30.6 Å². The van der Waals surface area contributed by atoms with E-state index in [-0.39, 0.29) is 12.1 Å². The fourth-order valence-corrected chi connectivity index (χ4v) is 2.59. The number of rotatable bonds is 7. The molecule has 0 amide bonds. The minimum Gasteiger partial charge on any atom is -0.326 e. The van der Waals surface area contributed by atoms with Crippen molar-refractivity contribution >= 4 is 0 Å². The average Bonchev–Trinajstić information content (AvgIpc) is 2.55. The van der Waals surface area contributed by atoms with E-state index in [9.17, 15) is 0 Å². The minimum absolute atomic E-state index is 0.112. The third kappa shape index (κ3) is 4.34. The highest BCUT2D eigenvalue weighted by Crippen LogP contribution is 2.23. The van der Waals surface area contributed by atoms with Crippen LogP contribution in [0, 0.1) is 0 Å². The number of hydrogen-bond acceptors (Lipinski definition) is 4. The van der Waals surface area contributed by atoms with Gasteiger partial charge in [-0.2, -0.15) is 0 Å². The maximum atomic E-state index is 6.34. The molecule has 0 bridgehead atoms. The SMILES string of the molecule is CCC(N)C(c1ccncc1)N(C)CCc1ccccn1. The van der Waals surface area contributed by atoms with Crippen LogP contribution in [0.3, 0.4) is 0 Å². The fraction of sp³-hybridized carbons (Fsp3) is 0.412. The van der Waals surface area contributed by atoms with Crippen molar-refractivity contribution in [2.75, 3.05) is 13.6 Å². The molecule has 0 radical (unpaired) electrons. The standard InChI is InChI=1S/C17H24N4/c1-3-16(18)17(14-7-11-19-12-8-14)21(2)13-9-15-6-4-5-10-20-15/h4-8,10-12,16-17H,3,9,13,18H2,1-2H3. The van der Waals surface area contributed by atoms with Gasteiger partial charge < -0.3 is 5.73 Å². The number of nitrogens with zero attached hydrogens (tertiary/aromatic N) is 3. The summed E-state index contributed by atoms with van der Waals surface area (Å²) in [5.41, 5.74) is 8.68. The summed E-state index contributed by atoms with van der Waals surface area (Å²) in [4.78, 5) is 10.8. The Morgan fingerprint density at radius 2 is 1.90 bits per heavy atom. The summed E-state index contributed by atoms with van der Waals surface area (Å²) in [6, 6.07) is 10.5. The molecule has 0 aliphatic heterocycles. The van der Waals surface area contributed by atoms with E-state index < -0.39 is 0 Å². The monoisotopic (exact) mass is 284 g/mol. The van der Waals surface area contributed by atoms with Crippen LogP contribution < -0.4 is 5.73 Å². The van der Waals surface area contributed by atoms with E-state index in [1.54, 1.807) is 0 Å². The number of hydrogen-bond donors (Lipinski definition) is 1. The molecular formula is C17H24N4. The first-order chi connectivity index (χ1) is 10.2. The Labute approximate surface area is 127 Å². The topological polar surface area (TPSA) is 55.0 Å². The summed E-state index contributed by atoms with van der Waals surface area (Å²) < 4.78 is 0. The molecule has 0 aliphatic rings. The molecule has 0 saturated heterocycles. The molecule has 0 aliphatic carbocycles. The summed E-state index contributed by atoms with van der Waals surface area (Å²) in [7, 11) is 2.13. The lowest BCUT2D eigenvalue weighted by Gasteiger charge is -2.32. The van der Waals surface area contributed by atoms with Crippen LogP contribution in [0.5, 0.6) is 0 Å². The lowest BCUT2D eigenvalue weighted by Crippen LogP contribution is -2.39. The Hall–Kier alpha value is -1.78. The van der Waals surface area contributed by atoms with Crippen LogP contribution >= 0.6 is 0 Å². The van der Waals surface area contributed by atoms with E-state index in [1.807, 2.05) is 30.7 Å². The highest BCUT2D eigenvalue weighted by atomic mass is 15.1. The molecule has 2 rings (SSSR count). The van der Waals surface area contributed by atoms with Gasteiger partial charge in [-0.15, -0.1) is 0 Å². The van der Waals surface area contributed by atoms with Crippen LogP contribution in [0.2, 0.25) is 0 Å². The Balaban J connectivity index is 2.06. The van der Waals surface area contributed by atoms with E-state index in [1.165, 1.54) is 5.56 Å². The molecule has 4 heteroatoms. The first-order valence-electron chi connectivity index (χ1n) is 7.48. The maximum Gasteiger partial charge on any atom is 0.0497 e. The van der Waals surface area contributed by atoms with E-state index in [0.717, 1.165) is 25.1 Å². The predicted molar refractivity (Wildman–Crippen MR) is 85.8 cm³/mol. The van der Waals surface area contributed by atoms with Crippen molar-refractivity contribution in [3.8, 4) is 0 Å². The van der Waals surface area contributed by atoms with E-state index in [4.69, 9.17) is 5.73 Å². The summed E-state index contributed by atoms with van der Waals surface area (Å²) in [6.07, 6.45) is 7.37. The molecule has 21 heavy (non-hydrogen) atoms. The first kappa shape index (κ1) is 15.6. The molecule has 0 saturated carbocycles. The Kier molecular flexibility index (Phi) is 5.84. The van der Waals surface area contributed by atoms with Gasteiger partial charge in [0, 0.05) is 49.3 Å². The van der Waals surface area contributed by atoms with E-state index in [0.29, 0.717) is 0 Å². The minimum atomic E-state index is 0.112. The molecule has 2 unspecified atom stereocenters. The Morgan fingerprint density at radius 1 is 1.14 bits per heavy atom. The molecule has 2 atom stereocenters. The van der Waals surface area contributed by atoms with Gasteiger partial charge in [-0.3, -0.25) is 14.9 Å². The van der Waals surface area contributed by atoms with Crippen LogP contribution in [0.25, 0.3) is 0 Å². The molecule has 2 heterocycles. The molecule has 2 aromatic heterocycles. The predicted octanol–water partition coefficient (Wildman–Crippen LogP) is 2.43. The summed E-state index contributed by atoms with van der Waals surface area (Å²) in [5.74, 6) is 0. The first-order valence-corrected chi connectivity index (χ1v) is 7.48.